The second kappa shape index (κ2) is 8.70. The molecule has 0 aromatic carbocycles. The quantitative estimate of drug-likeness (QED) is 0.669. The van der Waals surface area contributed by atoms with E-state index in [9.17, 15) is 4.79 Å². The van der Waals surface area contributed by atoms with E-state index in [1.165, 1.54) is 0 Å². The molecule has 1 heterocycles. The van der Waals surface area contributed by atoms with Crippen molar-refractivity contribution in [2.45, 2.75) is 32.1 Å². The van der Waals surface area contributed by atoms with Crippen LogP contribution in [-0.2, 0) is 16.0 Å². The Bertz CT molecular complexity index is 314. The molecule has 1 aromatic rings. The van der Waals surface area contributed by atoms with Gasteiger partial charge in [0.1, 0.15) is 0 Å². The Labute approximate surface area is 102 Å². The Balaban J connectivity index is 1.90. The molecule has 0 atom stereocenters. The number of carboxylic acid groups (broad SMARTS) is 1. The van der Waals surface area contributed by atoms with Crippen molar-refractivity contribution in [1.29, 1.82) is 0 Å². The van der Waals surface area contributed by atoms with E-state index >= 15 is 0 Å². The summed E-state index contributed by atoms with van der Waals surface area (Å²) in [5, 5.41) is 8.44. The van der Waals surface area contributed by atoms with E-state index in [4.69, 9.17) is 9.84 Å². The van der Waals surface area contributed by atoms with Gasteiger partial charge in [-0.15, -0.1) is 0 Å². The number of carboxylic acids is 1. The molecule has 0 unspecified atom stereocenters. The third-order valence-corrected chi connectivity index (χ3v) is 2.41. The van der Waals surface area contributed by atoms with Gasteiger partial charge in [0.15, 0.2) is 0 Å². The van der Waals surface area contributed by atoms with E-state index in [0.717, 1.165) is 31.4 Å². The van der Waals surface area contributed by atoms with Crippen LogP contribution in [0.5, 0.6) is 0 Å². The number of carbonyl (C=O) groups is 1. The maximum atomic E-state index is 10.3. The summed E-state index contributed by atoms with van der Waals surface area (Å²) in [7, 11) is 0. The van der Waals surface area contributed by atoms with Crippen LogP contribution in [0.4, 0.5) is 0 Å². The number of rotatable bonds is 9. The van der Waals surface area contributed by atoms with Gasteiger partial charge < -0.3 is 9.84 Å². The highest BCUT2D eigenvalue weighted by Crippen LogP contribution is 2.01. The number of ether oxygens (including phenoxy) is 1. The summed E-state index contributed by atoms with van der Waals surface area (Å²) < 4.78 is 5.46. The van der Waals surface area contributed by atoms with Gasteiger partial charge in [0.2, 0.25) is 0 Å². The molecule has 4 heteroatoms. The zero-order chi connectivity index (χ0) is 12.3. The third-order valence-electron chi connectivity index (χ3n) is 2.41. The SMILES string of the molecule is O=C(O)CCCCCOCCc1ccccn1. The van der Waals surface area contributed by atoms with E-state index in [1.54, 1.807) is 6.20 Å². The second-order valence-corrected chi connectivity index (χ2v) is 3.89. The maximum Gasteiger partial charge on any atom is 0.303 e. The van der Waals surface area contributed by atoms with E-state index in [1.807, 2.05) is 18.2 Å². The summed E-state index contributed by atoms with van der Waals surface area (Å²) in [6, 6.07) is 5.84. The molecule has 1 aromatic heterocycles. The number of pyridine rings is 1. The average molecular weight is 237 g/mol. The van der Waals surface area contributed by atoms with Crippen LogP contribution in [-0.4, -0.2) is 29.3 Å². The first-order valence-electron chi connectivity index (χ1n) is 5.98. The van der Waals surface area contributed by atoms with E-state index in [0.29, 0.717) is 13.2 Å². The number of hydrogen-bond donors (Lipinski definition) is 1. The molecule has 1 N–H and O–H groups in total. The van der Waals surface area contributed by atoms with Gasteiger partial charge in [-0.1, -0.05) is 12.5 Å². The zero-order valence-electron chi connectivity index (χ0n) is 9.97. The molecule has 0 amide bonds. The zero-order valence-corrected chi connectivity index (χ0v) is 9.97. The van der Waals surface area contributed by atoms with Gasteiger partial charge in [-0.2, -0.15) is 0 Å². The van der Waals surface area contributed by atoms with Crippen molar-refractivity contribution in [2.24, 2.45) is 0 Å². The Morgan fingerprint density at radius 3 is 2.82 bits per heavy atom. The van der Waals surface area contributed by atoms with Crippen molar-refractivity contribution in [3.05, 3.63) is 30.1 Å². The predicted octanol–water partition coefficient (Wildman–Crippen LogP) is 2.29. The lowest BCUT2D eigenvalue weighted by Crippen LogP contribution is -2.02. The summed E-state index contributed by atoms with van der Waals surface area (Å²) in [6.45, 7) is 1.38. The molecular weight excluding hydrogens is 218 g/mol. The van der Waals surface area contributed by atoms with Gasteiger partial charge in [-0.05, 0) is 25.0 Å². The minimum atomic E-state index is -0.721. The average Bonchev–Trinajstić information content (AvgIpc) is 2.33. The monoisotopic (exact) mass is 237 g/mol. The molecule has 0 aliphatic rings. The highest BCUT2D eigenvalue weighted by molar-refractivity contribution is 5.66. The lowest BCUT2D eigenvalue weighted by atomic mass is 10.2. The number of hydrogen-bond acceptors (Lipinski definition) is 3. The second-order valence-electron chi connectivity index (χ2n) is 3.89. The van der Waals surface area contributed by atoms with Gasteiger partial charge in [0.05, 0.1) is 6.61 Å². The molecule has 17 heavy (non-hydrogen) atoms. The first kappa shape index (κ1) is 13.6. The van der Waals surface area contributed by atoms with Crippen LogP contribution in [0, 0.1) is 0 Å². The molecule has 94 valence electrons. The summed E-state index contributed by atoms with van der Waals surface area (Å²) in [6.07, 6.45) is 5.44. The largest absolute Gasteiger partial charge is 0.481 e. The number of aliphatic carboxylic acids is 1. The molecule has 0 radical (unpaired) electrons. The Hall–Kier alpha value is -1.42. The van der Waals surface area contributed by atoms with Crippen molar-refractivity contribution in [3.8, 4) is 0 Å². The van der Waals surface area contributed by atoms with Gasteiger partial charge in [0, 0.05) is 31.3 Å². The minimum Gasteiger partial charge on any atom is -0.481 e. The van der Waals surface area contributed by atoms with Gasteiger partial charge >= 0.3 is 5.97 Å². The number of nitrogens with zero attached hydrogens (tertiary/aromatic N) is 1. The fraction of sp³-hybridized carbons (Fsp3) is 0.538. The normalized spacial score (nSPS) is 10.4. The molecule has 4 nitrogen and oxygen atoms in total. The lowest BCUT2D eigenvalue weighted by Gasteiger charge is -2.03. The molecule has 0 aliphatic carbocycles. The van der Waals surface area contributed by atoms with Crippen molar-refractivity contribution in [1.82, 2.24) is 4.98 Å². The van der Waals surface area contributed by atoms with Crippen LogP contribution in [0.3, 0.4) is 0 Å². The fourth-order valence-corrected chi connectivity index (χ4v) is 1.48. The molecule has 0 spiro atoms. The van der Waals surface area contributed by atoms with Crippen LogP contribution in [0.2, 0.25) is 0 Å². The Kier molecular flexibility index (Phi) is 6.98. The first-order valence-corrected chi connectivity index (χ1v) is 5.98. The lowest BCUT2D eigenvalue weighted by molar-refractivity contribution is -0.137. The van der Waals surface area contributed by atoms with Gasteiger partial charge in [-0.25, -0.2) is 0 Å². The van der Waals surface area contributed by atoms with E-state index < -0.39 is 5.97 Å². The molecule has 0 bridgehead atoms. The summed E-state index contributed by atoms with van der Waals surface area (Å²) in [5.74, 6) is -0.721. The van der Waals surface area contributed by atoms with Gasteiger partial charge in [0.25, 0.3) is 0 Å². The molecule has 0 saturated heterocycles. The molecule has 1 rings (SSSR count). The van der Waals surface area contributed by atoms with Crippen LogP contribution in [0.25, 0.3) is 0 Å². The Morgan fingerprint density at radius 2 is 2.12 bits per heavy atom. The van der Waals surface area contributed by atoms with Crippen LogP contribution in [0.1, 0.15) is 31.4 Å². The topological polar surface area (TPSA) is 59.4 Å². The molecule has 0 fully saturated rings. The first-order chi connectivity index (χ1) is 8.29. The third kappa shape index (κ3) is 7.47. The van der Waals surface area contributed by atoms with Crippen LogP contribution in [0.15, 0.2) is 24.4 Å². The Morgan fingerprint density at radius 1 is 1.24 bits per heavy atom. The summed E-state index contributed by atoms with van der Waals surface area (Å²) in [5.41, 5.74) is 1.04. The van der Waals surface area contributed by atoms with Crippen molar-refractivity contribution >= 4 is 5.97 Å². The van der Waals surface area contributed by atoms with Crippen LogP contribution >= 0.6 is 0 Å². The van der Waals surface area contributed by atoms with E-state index in [-0.39, 0.29) is 6.42 Å². The predicted molar refractivity (Wildman–Crippen MR) is 64.9 cm³/mol. The highest BCUT2D eigenvalue weighted by atomic mass is 16.5. The summed E-state index contributed by atoms with van der Waals surface area (Å²) in [4.78, 5) is 14.5. The standard InChI is InChI=1S/C13H19NO3/c15-13(16)7-2-1-5-10-17-11-8-12-6-3-4-9-14-12/h3-4,6,9H,1-2,5,7-8,10-11H2,(H,15,16). The van der Waals surface area contributed by atoms with E-state index in [2.05, 4.69) is 4.98 Å². The summed E-state index contributed by atoms with van der Waals surface area (Å²) >= 11 is 0. The van der Waals surface area contributed by atoms with Gasteiger partial charge in [-0.3, -0.25) is 9.78 Å². The number of aromatic nitrogens is 1. The number of unbranched alkanes of at least 4 members (excludes halogenated alkanes) is 2. The van der Waals surface area contributed by atoms with Crippen molar-refractivity contribution in [2.75, 3.05) is 13.2 Å². The van der Waals surface area contributed by atoms with Crippen molar-refractivity contribution in [3.63, 3.8) is 0 Å². The smallest absolute Gasteiger partial charge is 0.303 e. The molecular formula is C13H19NO3. The minimum absolute atomic E-state index is 0.258. The highest BCUT2D eigenvalue weighted by Gasteiger charge is 1.97. The van der Waals surface area contributed by atoms with Crippen LogP contribution < -0.4 is 0 Å². The fourth-order valence-electron chi connectivity index (χ4n) is 1.48. The maximum absolute atomic E-state index is 10.3. The van der Waals surface area contributed by atoms with Crippen molar-refractivity contribution < 1.29 is 14.6 Å². The molecule has 0 saturated carbocycles. The molecule has 0 aliphatic heterocycles.